The van der Waals surface area contributed by atoms with Crippen LogP contribution in [0.5, 0.6) is 0 Å². The first-order valence-corrected chi connectivity index (χ1v) is 11.9. The maximum absolute atomic E-state index is 13.6. The van der Waals surface area contributed by atoms with Crippen molar-refractivity contribution >= 4 is 63.8 Å². The number of halogens is 3. The highest BCUT2D eigenvalue weighted by Gasteiger charge is 2.71. The molecule has 2 aromatic rings. The molecular weight excluding hydrogens is 517 g/mol. The minimum absolute atomic E-state index is 0.0546. The van der Waals surface area contributed by atoms with Crippen LogP contribution in [-0.2, 0) is 9.63 Å². The number of amides is 1. The van der Waals surface area contributed by atoms with E-state index in [1.807, 2.05) is 20.8 Å². The fraction of sp³-hybridized carbons (Fsp3) is 0.375. The zero-order chi connectivity index (χ0) is 25.8. The van der Waals surface area contributed by atoms with E-state index < -0.39 is 32.8 Å². The monoisotopic (exact) mass is 537 g/mol. The summed E-state index contributed by atoms with van der Waals surface area (Å²) in [5.74, 6) is -1.06. The lowest BCUT2D eigenvalue weighted by molar-refractivity contribution is -0.384. The molecule has 0 heterocycles. The van der Waals surface area contributed by atoms with Gasteiger partial charge in [-0.25, -0.2) is 4.79 Å². The Morgan fingerprint density at radius 3 is 2.43 bits per heavy atom. The van der Waals surface area contributed by atoms with Gasteiger partial charge in [-0.15, -0.1) is 0 Å². The second-order valence-corrected chi connectivity index (χ2v) is 10.9. The number of carbonyl (C=O) groups is 2. The van der Waals surface area contributed by atoms with E-state index in [1.165, 1.54) is 12.1 Å². The standard InChI is InChI=1S/C24H22Cl3N3O5/c1-22(2)23(3)8-9-24(22,21(32)28-17-11-14(25)5-7-15(17)26)12-19(23)29-35-20(31)13-4-6-16(27)18(10-13)30(33)34/h4-7,10-11H,8-9,12H2,1-3H3,(H,28,32)/b29-19+. The number of benzene rings is 2. The zero-order valence-electron chi connectivity index (χ0n) is 19.2. The number of anilines is 1. The van der Waals surface area contributed by atoms with Gasteiger partial charge in [0.1, 0.15) is 5.02 Å². The van der Waals surface area contributed by atoms with Crippen molar-refractivity contribution in [1.82, 2.24) is 0 Å². The summed E-state index contributed by atoms with van der Waals surface area (Å²) in [7, 11) is 0. The summed E-state index contributed by atoms with van der Waals surface area (Å²) in [6.45, 7) is 6.01. The van der Waals surface area contributed by atoms with Crippen molar-refractivity contribution in [3.05, 3.63) is 67.1 Å². The van der Waals surface area contributed by atoms with Crippen LogP contribution < -0.4 is 5.32 Å². The summed E-state index contributed by atoms with van der Waals surface area (Å²) in [4.78, 5) is 41.8. The van der Waals surface area contributed by atoms with Gasteiger partial charge in [-0.1, -0.05) is 60.7 Å². The van der Waals surface area contributed by atoms with Crippen LogP contribution in [0.4, 0.5) is 11.4 Å². The number of hydrogen-bond donors (Lipinski definition) is 1. The van der Waals surface area contributed by atoms with E-state index in [1.54, 1.807) is 18.2 Å². The molecule has 2 aromatic carbocycles. The molecule has 0 aliphatic heterocycles. The molecule has 0 spiro atoms. The molecule has 4 rings (SSSR count). The van der Waals surface area contributed by atoms with Crippen molar-refractivity contribution in [2.45, 2.75) is 40.0 Å². The van der Waals surface area contributed by atoms with Crippen molar-refractivity contribution in [2.24, 2.45) is 21.4 Å². The van der Waals surface area contributed by atoms with Gasteiger partial charge in [-0.3, -0.25) is 14.9 Å². The van der Waals surface area contributed by atoms with Gasteiger partial charge < -0.3 is 10.2 Å². The van der Waals surface area contributed by atoms with Gasteiger partial charge in [0.15, 0.2) is 0 Å². The maximum Gasteiger partial charge on any atom is 0.365 e. The van der Waals surface area contributed by atoms with Crippen molar-refractivity contribution in [1.29, 1.82) is 0 Å². The molecule has 1 amide bonds. The van der Waals surface area contributed by atoms with Gasteiger partial charge in [-0.2, -0.15) is 0 Å². The first kappa shape index (κ1) is 25.4. The lowest BCUT2D eigenvalue weighted by Crippen LogP contribution is -2.43. The Morgan fingerprint density at radius 1 is 1.06 bits per heavy atom. The summed E-state index contributed by atoms with van der Waals surface area (Å²) in [5, 5.41) is 18.9. The molecule has 0 aromatic heterocycles. The number of nitro groups is 1. The number of rotatable bonds is 5. The number of nitrogens with zero attached hydrogens (tertiary/aromatic N) is 2. The predicted octanol–water partition coefficient (Wildman–Crippen LogP) is 6.92. The third-order valence-electron chi connectivity index (χ3n) is 7.96. The number of nitrogens with one attached hydrogen (secondary N) is 1. The van der Waals surface area contributed by atoms with Gasteiger partial charge >= 0.3 is 5.97 Å². The second kappa shape index (κ2) is 8.76. The van der Waals surface area contributed by atoms with E-state index in [-0.39, 0.29) is 22.9 Å². The predicted molar refractivity (Wildman–Crippen MR) is 134 cm³/mol. The number of hydrogen-bond acceptors (Lipinski definition) is 6. The molecular formula is C24H22Cl3N3O5. The highest BCUT2D eigenvalue weighted by molar-refractivity contribution is 6.35. The molecule has 35 heavy (non-hydrogen) atoms. The average Bonchev–Trinajstić information content (AvgIpc) is 3.10. The van der Waals surface area contributed by atoms with Crippen molar-refractivity contribution in [2.75, 3.05) is 5.32 Å². The van der Waals surface area contributed by atoms with E-state index in [9.17, 15) is 19.7 Å². The molecule has 2 fully saturated rings. The molecule has 2 bridgehead atoms. The van der Waals surface area contributed by atoms with Gasteiger partial charge in [-0.05, 0) is 48.6 Å². The van der Waals surface area contributed by atoms with Crippen molar-refractivity contribution < 1.29 is 19.3 Å². The Balaban J connectivity index is 1.60. The molecule has 0 radical (unpaired) electrons. The number of carbonyl (C=O) groups excluding carboxylic acids is 2. The summed E-state index contributed by atoms with van der Waals surface area (Å²) < 4.78 is 0. The van der Waals surface area contributed by atoms with E-state index in [2.05, 4.69) is 10.5 Å². The quantitative estimate of drug-likeness (QED) is 0.252. The zero-order valence-corrected chi connectivity index (χ0v) is 21.4. The Labute approximate surface area is 216 Å². The third kappa shape index (κ3) is 3.97. The van der Waals surface area contributed by atoms with Gasteiger partial charge in [0, 0.05) is 22.9 Å². The fourth-order valence-corrected chi connectivity index (χ4v) is 5.81. The summed E-state index contributed by atoms with van der Waals surface area (Å²) in [6.07, 6.45) is 1.57. The average molecular weight is 539 g/mol. The van der Waals surface area contributed by atoms with Crippen molar-refractivity contribution in [3.63, 3.8) is 0 Å². The van der Waals surface area contributed by atoms with Gasteiger partial charge in [0.05, 0.1) is 32.3 Å². The van der Waals surface area contributed by atoms with Crippen LogP contribution in [0.15, 0.2) is 41.6 Å². The summed E-state index contributed by atoms with van der Waals surface area (Å²) in [5.41, 5.74) is -1.29. The molecule has 184 valence electrons. The van der Waals surface area contributed by atoms with Crippen LogP contribution in [0.2, 0.25) is 15.1 Å². The highest BCUT2D eigenvalue weighted by Crippen LogP contribution is 2.71. The topological polar surface area (TPSA) is 111 Å². The molecule has 2 saturated carbocycles. The molecule has 2 atom stereocenters. The number of nitro benzene ring substituents is 1. The largest absolute Gasteiger partial charge is 0.365 e. The molecule has 8 nitrogen and oxygen atoms in total. The highest BCUT2D eigenvalue weighted by atomic mass is 35.5. The lowest BCUT2D eigenvalue weighted by Gasteiger charge is -2.39. The molecule has 2 unspecified atom stereocenters. The van der Waals surface area contributed by atoms with Crippen LogP contribution in [0.25, 0.3) is 0 Å². The van der Waals surface area contributed by atoms with Crippen LogP contribution in [0, 0.1) is 26.4 Å². The van der Waals surface area contributed by atoms with E-state index in [0.29, 0.717) is 34.3 Å². The number of oxime groups is 1. The third-order valence-corrected chi connectivity index (χ3v) is 8.85. The van der Waals surface area contributed by atoms with E-state index in [4.69, 9.17) is 39.6 Å². The SMILES string of the molecule is CC12CCC(C(=O)Nc3cc(Cl)ccc3Cl)(C/C1=N\OC(=O)c1ccc(Cl)c([N+](=O)[O-])c1)C2(C)C. The minimum Gasteiger partial charge on any atom is -0.324 e. The molecule has 11 heteroatoms. The van der Waals surface area contributed by atoms with Crippen LogP contribution >= 0.6 is 34.8 Å². The Bertz CT molecular complexity index is 1300. The maximum atomic E-state index is 13.6. The minimum atomic E-state index is -0.856. The molecule has 1 N–H and O–H groups in total. The van der Waals surface area contributed by atoms with E-state index >= 15 is 0 Å². The van der Waals surface area contributed by atoms with Gasteiger partial charge in [0.2, 0.25) is 5.91 Å². The lowest BCUT2D eigenvalue weighted by atomic mass is 9.64. The molecule has 2 aliphatic carbocycles. The summed E-state index contributed by atoms with van der Waals surface area (Å²) >= 11 is 18.1. The molecule has 0 saturated heterocycles. The summed E-state index contributed by atoms with van der Waals surface area (Å²) in [6, 6.07) is 8.47. The van der Waals surface area contributed by atoms with Crippen LogP contribution in [0.1, 0.15) is 50.4 Å². The normalized spacial score (nSPS) is 25.5. The van der Waals surface area contributed by atoms with Gasteiger partial charge in [0.25, 0.3) is 5.69 Å². The molecule has 2 aliphatic rings. The Kier molecular flexibility index (Phi) is 6.36. The first-order valence-electron chi connectivity index (χ1n) is 10.8. The first-order chi connectivity index (χ1) is 16.3. The van der Waals surface area contributed by atoms with Crippen LogP contribution in [0.3, 0.4) is 0 Å². The fourth-order valence-electron chi connectivity index (χ4n) is 5.29. The smallest absolute Gasteiger partial charge is 0.324 e. The Hall–Kier alpha value is -2.68. The van der Waals surface area contributed by atoms with Crippen molar-refractivity contribution in [3.8, 4) is 0 Å². The number of fused-ring (bicyclic) bond motifs is 2. The second-order valence-electron chi connectivity index (χ2n) is 9.63. The van der Waals surface area contributed by atoms with E-state index in [0.717, 1.165) is 6.07 Å². The Morgan fingerprint density at radius 2 is 1.74 bits per heavy atom. The van der Waals surface area contributed by atoms with Crippen LogP contribution in [-0.4, -0.2) is 22.5 Å².